The summed E-state index contributed by atoms with van der Waals surface area (Å²) in [4.78, 5) is 12.0. The third kappa shape index (κ3) is 5.71. The second-order valence-corrected chi connectivity index (χ2v) is 5.73. The highest BCUT2D eigenvalue weighted by Gasteiger charge is 2.14. The van der Waals surface area contributed by atoms with Gasteiger partial charge in [0.1, 0.15) is 11.5 Å². The van der Waals surface area contributed by atoms with Gasteiger partial charge in [-0.05, 0) is 32.8 Å². The molecule has 21 heavy (non-hydrogen) atoms. The fourth-order valence-corrected chi connectivity index (χ4v) is 2.89. The van der Waals surface area contributed by atoms with E-state index in [0.29, 0.717) is 23.9 Å². The molecule has 0 atom stereocenters. The first-order valence-corrected chi connectivity index (χ1v) is 7.75. The van der Waals surface area contributed by atoms with Crippen LogP contribution in [0.25, 0.3) is 0 Å². The highest BCUT2D eigenvalue weighted by molar-refractivity contribution is 5.95. The number of furan rings is 1. The Labute approximate surface area is 133 Å². The number of aryl methyl sites for hydroxylation is 2. The van der Waals surface area contributed by atoms with E-state index in [1.165, 1.54) is 38.5 Å². The van der Waals surface area contributed by atoms with Gasteiger partial charge in [-0.15, -0.1) is 12.4 Å². The van der Waals surface area contributed by atoms with E-state index in [4.69, 9.17) is 4.42 Å². The summed E-state index contributed by atoms with van der Waals surface area (Å²) >= 11 is 0. The Kier molecular flexibility index (Phi) is 7.83. The van der Waals surface area contributed by atoms with Gasteiger partial charge < -0.3 is 15.1 Å². The van der Waals surface area contributed by atoms with Gasteiger partial charge in [-0.3, -0.25) is 4.79 Å². The molecular weight excluding hydrogens is 288 g/mol. The highest BCUT2D eigenvalue weighted by atomic mass is 35.5. The molecule has 2 rings (SSSR count). The fourth-order valence-electron chi connectivity index (χ4n) is 2.89. The van der Waals surface area contributed by atoms with E-state index in [1.54, 1.807) is 6.07 Å². The zero-order chi connectivity index (χ0) is 14.4. The third-order valence-electron chi connectivity index (χ3n) is 3.98. The molecule has 2 N–H and O–H groups in total. The van der Waals surface area contributed by atoms with Crippen molar-refractivity contribution in [2.75, 3.05) is 13.1 Å². The molecule has 1 aromatic rings. The first-order chi connectivity index (χ1) is 9.66. The smallest absolute Gasteiger partial charge is 0.254 e. The molecule has 0 aromatic carbocycles. The standard InChI is InChI=1S/C16H26N2O2.ClH/c1-12-11-15(13(2)20-12)16(19)18-10-9-17-14-7-5-3-4-6-8-14;/h11,14,17H,3-10H2,1-2H3,(H,18,19);1H. The van der Waals surface area contributed by atoms with Crippen LogP contribution in [0.15, 0.2) is 10.5 Å². The largest absolute Gasteiger partial charge is 0.466 e. The van der Waals surface area contributed by atoms with Crippen LogP contribution < -0.4 is 10.6 Å². The number of carbonyl (C=O) groups excluding carboxylic acids is 1. The topological polar surface area (TPSA) is 54.3 Å². The highest BCUT2D eigenvalue weighted by Crippen LogP contribution is 2.17. The first-order valence-electron chi connectivity index (χ1n) is 7.75. The lowest BCUT2D eigenvalue weighted by atomic mass is 10.1. The van der Waals surface area contributed by atoms with Crippen molar-refractivity contribution < 1.29 is 9.21 Å². The summed E-state index contributed by atoms with van der Waals surface area (Å²) in [6.07, 6.45) is 7.94. The molecule has 0 saturated heterocycles. The fraction of sp³-hybridized carbons (Fsp3) is 0.688. The first kappa shape index (κ1) is 18.1. The molecule has 4 nitrogen and oxygen atoms in total. The van der Waals surface area contributed by atoms with Crippen molar-refractivity contribution in [1.82, 2.24) is 10.6 Å². The molecule has 0 spiro atoms. The molecule has 1 aromatic heterocycles. The van der Waals surface area contributed by atoms with Crippen molar-refractivity contribution in [2.24, 2.45) is 0 Å². The normalized spacial score (nSPS) is 16.1. The van der Waals surface area contributed by atoms with Gasteiger partial charge in [-0.1, -0.05) is 25.7 Å². The van der Waals surface area contributed by atoms with Crippen molar-refractivity contribution in [3.8, 4) is 0 Å². The summed E-state index contributed by atoms with van der Waals surface area (Å²) in [7, 11) is 0. The zero-order valence-corrected chi connectivity index (χ0v) is 13.9. The Morgan fingerprint density at radius 1 is 1.19 bits per heavy atom. The molecule has 0 unspecified atom stereocenters. The van der Waals surface area contributed by atoms with Gasteiger partial charge in [0, 0.05) is 19.1 Å². The van der Waals surface area contributed by atoms with Gasteiger partial charge in [0.25, 0.3) is 5.91 Å². The Balaban J connectivity index is 0.00000220. The minimum absolute atomic E-state index is 0. The minimum atomic E-state index is -0.0398. The van der Waals surface area contributed by atoms with Gasteiger partial charge in [0.15, 0.2) is 0 Å². The Morgan fingerprint density at radius 2 is 1.86 bits per heavy atom. The predicted octanol–water partition coefficient (Wildman–Crippen LogP) is 3.36. The molecular formula is C16H27ClN2O2. The quantitative estimate of drug-likeness (QED) is 0.647. The summed E-state index contributed by atoms with van der Waals surface area (Å²) < 4.78 is 5.37. The zero-order valence-electron chi connectivity index (χ0n) is 13.0. The number of nitrogens with one attached hydrogen (secondary N) is 2. The number of hydrogen-bond donors (Lipinski definition) is 2. The third-order valence-corrected chi connectivity index (χ3v) is 3.98. The summed E-state index contributed by atoms with van der Waals surface area (Å²) in [5.41, 5.74) is 0.650. The molecule has 1 heterocycles. The van der Waals surface area contributed by atoms with Gasteiger partial charge in [-0.25, -0.2) is 0 Å². The Bertz CT molecular complexity index is 437. The van der Waals surface area contributed by atoms with Crippen molar-refractivity contribution in [3.63, 3.8) is 0 Å². The average molecular weight is 315 g/mol. The van der Waals surface area contributed by atoms with E-state index < -0.39 is 0 Å². The summed E-state index contributed by atoms with van der Waals surface area (Å²) in [6.45, 7) is 5.19. The maximum Gasteiger partial charge on any atom is 0.254 e. The summed E-state index contributed by atoms with van der Waals surface area (Å²) in [6, 6.07) is 2.43. The molecule has 0 bridgehead atoms. The van der Waals surface area contributed by atoms with E-state index in [9.17, 15) is 4.79 Å². The molecule has 1 fully saturated rings. The molecule has 0 radical (unpaired) electrons. The molecule has 0 aliphatic heterocycles. The summed E-state index contributed by atoms with van der Waals surface area (Å²) in [5, 5.41) is 6.50. The lowest BCUT2D eigenvalue weighted by Crippen LogP contribution is -2.36. The van der Waals surface area contributed by atoms with Gasteiger partial charge in [0.2, 0.25) is 0 Å². The van der Waals surface area contributed by atoms with Crippen molar-refractivity contribution in [1.29, 1.82) is 0 Å². The maximum absolute atomic E-state index is 12.0. The maximum atomic E-state index is 12.0. The molecule has 1 amide bonds. The van der Waals surface area contributed by atoms with Crippen molar-refractivity contribution in [3.05, 3.63) is 23.2 Å². The summed E-state index contributed by atoms with van der Waals surface area (Å²) in [5.74, 6) is 1.43. The second kappa shape index (κ2) is 9.11. The molecule has 1 aliphatic carbocycles. The van der Waals surface area contributed by atoms with Crippen LogP contribution in [0, 0.1) is 13.8 Å². The predicted molar refractivity (Wildman–Crippen MR) is 87.3 cm³/mol. The van der Waals surface area contributed by atoms with E-state index in [-0.39, 0.29) is 18.3 Å². The SMILES string of the molecule is Cc1cc(C(=O)NCCNC2CCCCCC2)c(C)o1.Cl. The van der Waals surface area contributed by atoms with E-state index in [0.717, 1.165) is 12.3 Å². The van der Waals surface area contributed by atoms with E-state index >= 15 is 0 Å². The average Bonchev–Trinajstić information content (AvgIpc) is 2.64. The number of rotatable bonds is 5. The van der Waals surface area contributed by atoms with Crippen LogP contribution >= 0.6 is 12.4 Å². The monoisotopic (exact) mass is 314 g/mol. The number of hydrogen-bond acceptors (Lipinski definition) is 3. The van der Waals surface area contributed by atoms with Crippen LogP contribution in [0.3, 0.4) is 0 Å². The van der Waals surface area contributed by atoms with E-state index in [1.807, 2.05) is 13.8 Å². The minimum Gasteiger partial charge on any atom is -0.466 e. The lowest BCUT2D eigenvalue weighted by Gasteiger charge is -2.16. The van der Waals surface area contributed by atoms with Gasteiger partial charge >= 0.3 is 0 Å². The van der Waals surface area contributed by atoms with Crippen LogP contribution in [0.5, 0.6) is 0 Å². The molecule has 1 saturated carbocycles. The Hall–Kier alpha value is -1.000. The number of amides is 1. The van der Waals surface area contributed by atoms with E-state index in [2.05, 4.69) is 10.6 Å². The van der Waals surface area contributed by atoms with Gasteiger partial charge in [0.05, 0.1) is 5.56 Å². The van der Waals surface area contributed by atoms with Crippen LogP contribution in [-0.4, -0.2) is 25.0 Å². The molecule has 5 heteroatoms. The Morgan fingerprint density at radius 3 is 2.43 bits per heavy atom. The van der Waals surface area contributed by atoms with Crippen molar-refractivity contribution in [2.45, 2.75) is 58.4 Å². The van der Waals surface area contributed by atoms with Crippen molar-refractivity contribution >= 4 is 18.3 Å². The molecule has 1 aliphatic rings. The van der Waals surface area contributed by atoms with Crippen LogP contribution in [0.4, 0.5) is 0 Å². The lowest BCUT2D eigenvalue weighted by molar-refractivity contribution is 0.0952. The van der Waals surface area contributed by atoms with Crippen LogP contribution in [0.2, 0.25) is 0 Å². The van der Waals surface area contributed by atoms with Crippen LogP contribution in [-0.2, 0) is 0 Å². The number of halogens is 1. The second-order valence-electron chi connectivity index (χ2n) is 5.73. The van der Waals surface area contributed by atoms with Gasteiger partial charge in [-0.2, -0.15) is 0 Å². The number of carbonyl (C=O) groups is 1. The molecule has 120 valence electrons. The van der Waals surface area contributed by atoms with Crippen LogP contribution in [0.1, 0.15) is 60.4 Å².